The molecule has 0 saturated carbocycles. The van der Waals surface area contributed by atoms with Crippen LogP contribution in [0.5, 0.6) is 0 Å². The Morgan fingerprint density at radius 2 is 1.80 bits per heavy atom. The van der Waals surface area contributed by atoms with Crippen molar-refractivity contribution in [3.05, 3.63) is 66.0 Å². The molecule has 1 unspecified atom stereocenters. The third-order valence-electron chi connectivity index (χ3n) is 7.84. The zero-order valence-corrected chi connectivity index (χ0v) is 24.3. The van der Waals surface area contributed by atoms with Gasteiger partial charge in [-0.3, -0.25) is 9.88 Å². The number of benzene rings is 1. The zero-order valence-electron chi connectivity index (χ0n) is 24.3. The highest BCUT2D eigenvalue weighted by Gasteiger charge is 2.28. The molecule has 4 aromatic rings. The van der Waals surface area contributed by atoms with Crippen LogP contribution in [-0.2, 0) is 11.2 Å². The second kappa shape index (κ2) is 11.1. The molecule has 0 radical (unpaired) electrons. The molecule has 41 heavy (non-hydrogen) atoms. The molecule has 3 aromatic heterocycles. The van der Waals surface area contributed by atoms with Crippen molar-refractivity contribution in [3.63, 3.8) is 0 Å². The van der Waals surface area contributed by atoms with E-state index in [-0.39, 0.29) is 12.1 Å². The first-order valence-electron chi connectivity index (χ1n) is 14.4. The van der Waals surface area contributed by atoms with Gasteiger partial charge < -0.3 is 19.5 Å². The molecule has 10 heteroatoms. The van der Waals surface area contributed by atoms with Gasteiger partial charge in [0.15, 0.2) is 0 Å². The van der Waals surface area contributed by atoms with E-state index in [0.717, 1.165) is 65.8 Å². The van der Waals surface area contributed by atoms with Gasteiger partial charge in [0.2, 0.25) is 0 Å². The predicted octanol–water partition coefficient (Wildman–Crippen LogP) is 4.83. The molecule has 0 spiro atoms. The molecule has 5 heterocycles. The number of rotatable bonds is 6. The SMILES string of the molecule is CC(c1ccnc(Cc2nc3ccc(-c4cc(N5CCC5)ncn4)cc3[nH]2)c1)N1CCN(C(=O)OC(C)(C)C)CC1. The van der Waals surface area contributed by atoms with Crippen molar-refractivity contribution in [2.45, 2.75) is 52.2 Å². The monoisotopic (exact) mass is 554 g/mol. The maximum atomic E-state index is 12.4. The Balaban J connectivity index is 1.11. The van der Waals surface area contributed by atoms with E-state index >= 15 is 0 Å². The normalized spacial score (nSPS) is 17.0. The van der Waals surface area contributed by atoms with E-state index < -0.39 is 5.60 Å². The number of amides is 1. The van der Waals surface area contributed by atoms with Gasteiger partial charge in [-0.15, -0.1) is 0 Å². The molecule has 214 valence electrons. The van der Waals surface area contributed by atoms with Gasteiger partial charge in [-0.2, -0.15) is 0 Å². The fourth-order valence-corrected chi connectivity index (χ4v) is 5.38. The summed E-state index contributed by atoms with van der Waals surface area (Å²) in [6, 6.07) is 12.7. The van der Waals surface area contributed by atoms with E-state index in [9.17, 15) is 4.79 Å². The fourth-order valence-electron chi connectivity index (χ4n) is 5.38. The number of H-pyrrole nitrogens is 1. The maximum absolute atomic E-state index is 12.4. The average molecular weight is 555 g/mol. The lowest BCUT2D eigenvalue weighted by Gasteiger charge is -2.38. The van der Waals surface area contributed by atoms with Crippen molar-refractivity contribution >= 4 is 22.9 Å². The topological polar surface area (TPSA) is 103 Å². The molecule has 2 fully saturated rings. The first kappa shape index (κ1) is 27.1. The predicted molar refractivity (Wildman–Crippen MR) is 159 cm³/mol. The van der Waals surface area contributed by atoms with Gasteiger partial charge in [0.25, 0.3) is 0 Å². The third-order valence-corrected chi connectivity index (χ3v) is 7.84. The smallest absolute Gasteiger partial charge is 0.410 e. The molecular formula is C31H38N8O2. The van der Waals surface area contributed by atoms with E-state index in [1.165, 1.54) is 12.0 Å². The number of aromatic amines is 1. The molecule has 10 nitrogen and oxygen atoms in total. The Hall–Kier alpha value is -4.05. The number of carbonyl (C=O) groups is 1. The molecule has 0 aliphatic carbocycles. The lowest BCUT2D eigenvalue weighted by atomic mass is 10.1. The van der Waals surface area contributed by atoms with Crippen LogP contribution in [0.4, 0.5) is 10.6 Å². The Morgan fingerprint density at radius 1 is 1.00 bits per heavy atom. The number of hydrogen-bond acceptors (Lipinski definition) is 8. The van der Waals surface area contributed by atoms with Gasteiger partial charge in [-0.05, 0) is 63.9 Å². The number of pyridine rings is 1. The highest BCUT2D eigenvalue weighted by molar-refractivity contribution is 5.81. The number of fused-ring (bicyclic) bond motifs is 1. The van der Waals surface area contributed by atoms with Crippen LogP contribution in [0.15, 0.2) is 48.9 Å². The van der Waals surface area contributed by atoms with Crippen molar-refractivity contribution in [2.75, 3.05) is 44.2 Å². The minimum absolute atomic E-state index is 0.213. The highest BCUT2D eigenvalue weighted by Crippen LogP contribution is 2.27. The van der Waals surface area contributed by atoms with Gasteiger partial charge >= 0.3 is 6.09 Å². The van der Waals surface area contributed by atoms with Crippen LogP contribution in [0.25, 0.3) is 22.3 Å². The summed E-state index contributed by atoms with van der Waals surface area (Å²) < 4.78 is 5.54. The van der Waals surface area contributed by atoms with Gasteiger partial charge in [0.1, 0.15) is 23.6 Å². The van der Waals surface area contributed by atoms with Crippen LogP contribution >= 0.6 is 0 Å². The zero-order chi connectivity index (χ0) is 28.6. The second-order valence-electron chi connectivity index (χ2n) is 12.0. The Labute approximate surface area is 240 Å². The number of aromatic nitrogens is 5. The van der Waals surface area contributed by atoms with Crippen LogP contribution in [-0.4, -0.2) is 85.7 Å². The lowest BCUT2D eigenvalue weighted by Crippen LogP contribution is -2.50. The fraction of sp³-hybridized carbons (Fsp3) is 0.452. The van der Waals surface area contributed by atoms with E-state index in [1.807, 2.05) is 33.0 Å². The van der Waals surface area contributed by atoms with E-state index in [4.69, 9.17) is 9.72 Å². The average Bonchev–Trinajstić information content (AvgIpc) is 3.32. The van der Waals surface area contributed by atoms with Crippen LogP contribution < -0.4 is 4.90 Å². The second-order valence-corrected chi connectivity index (χ2v) is 12.0. The Bertz CT molecular complexity index is 1530. The summed E-state index contributed by atoms with van der Waals surface area (Å²) >= 11 is 0. The Kier molecular flexibility index (Phi) is 7.33. The summed E-state index contributed by atoms with van der Waals surface area (Å²) in [5, 5.41) is 0. The van der Waals surface area contributed by atoms with E-state index in [1.54, 1.807) is 11.2 Å². The number of imidazole rings is 1. The third kappa shape index (κ3) is 6.17. The number of anilines is 1. The van der Waals surface area contributed by atoms with Gasteiger partial charge in [-0.25, -0.2) is 19.7 Å². The largest absolute Gasteiger partial charge is 0.444 e. The summed E-state index contributed by atoms with van der Waals surface area (Å²) in [6.07, 6.45) is 5.12. The quantitative estimate of drug-likeness (QED) is 0.362. The van der Waals surface area contributed by atoms with Crippen molar-refractivity contribution in [1.82, 2.24) is 34.7 Å². The molecule has 1 atom stereocenters. The molecule has 2 saturated heterocycles. The molecule has 1 aromatic carbocycles. The first-order chi connectivity index (χ1) is 19.7. The van der Waals surface area contributed by atoms with Gasteiger partial charge in [-0.1, -0.05) is 6.07 Å². The number of carbonyl (C=O) groups excluding carboxylic acids is 1. The summed E-state index contributed by atoms with van der Waals surface area (Å²) in [6.45, 7) is 12.9. The van der Waals surface area contributed by atoms with Crippen LogP contribution in [0.1, 0.15) is 57.2 Å². The Morgan fingerprint density at radius 3 is 2.54 bits per heavy atom. The summed E-state index contributed by atoms with van der Waals surface area (Å²) in [4.78, 5) is 40.8. The summed E-state index contributed by atoms with van der Waals surface area (Å²) in [5.41, 5.74) is 5.55. The van der Waals surface area contributed by atoms with Crippen molar-refractivity contribution < 1.29 is 9.53 Å². The number of nitrogens with zero attached hydrogens (tertiary/aromatic N) is 7. The summed E-state index contributed by atoms with van der Waals surface area (Å²) in [7, 11) is 0. The number of piperazine rings is 1. The molecule has 1 N–H and O–H groups in total. The molecule has 0 bridgehead atoms. The van der Waals surface area contributed by atoms with Gasteiger partial charge in [0.05, 0.1) is 16.7 Å². The minimum atomic E-state index is -0.481. The van der Waals surface area contributed by atoms with Crippen molar-refractivity contribution in [3.8, 4) is 11.3 Å². The van der Waals surface area contributed by atoms with Crippen LogP contribution in [0.3, 0.4) is 0 Å². The van der Waals surface area contributed by atoms with Gasteiger partial charge in [0, 0.05) is 75.3 Å². The summed E-state index contributed by atoms with van der Waals surface area (Å²) in [5.74, 6) is 1.86. The first-order valence-corrected chi connectivity index (χ1v) is 14.4. The number of nitrogens with one attached hydrogen (secondary N) is 1. The molecule has 6 rings (SSSR count). The van der Waals surface area contributed by atoms with Crippen LogP contribution in [0, 0.1) is 0 Å². The van der Waals surface area contributed by atoms with Crippen molar-refractivity contribution in [2.24, 2.45) is 0 Å². The standard InChI is InChI=1S/C31H38N8O2/c1-21(37-12-14-39(15-13-37)30(40)41-31(2,3)4)22-8-9-32-24(16-22)18-28-35-25-7-6-23(17-27(25)36-28)26-19-29(34-20-33-26)38-10-5-11-38/h6-9,16-17,19-21H,5,10-15,18H2,1-4H3,(H,35,36). The highest BCUT2D eigenvalue weighted by atomic mass is 16.6. The van der Waals surface area contributed by atoms with E-state index in [0.29, 0.717) is 19.5 Å². The molecule has 2 aliphatic rings. The molecule has 2 aliphatic heterocycles. The number of hydrogen-bond donors (Lipinski definition) is 1. The lowest BCUT2D eigenvalue weighted by molar-refractivity contribution is 0.0110. The van der Waals surface area contributed by atoms with E-state index in [2.05, 4.69) is 67.0 Å². The van der Waals surface area contributed by atoms with Crippen molar-refractivity contribution in [1.29, 1.82) is 0 Å². The van der Waals surface area contributed by atoms with Crippen LogP contribution in [0.2, 0.25) is 0 Å². The molecular weight excluding hydrogens is 516 g/mol. The maximum Gasteiger partial charge on any atom is 0.410 e. The minimum Gasteiger partial charge on any atom is -0.444 e. The number of ether oxygens (including phenoxy) is 1. The molecule has 1 amide bonds.